The molecule has 158 valence electrons. The van der Waals surface area contributed by atoms with Crippen molar-refractivity contribution < 1.29 is 33.7 Å². The minimum absolute atomic E-state index is 0.104. The van der Waals surface area contributed by atoms with Crippen molar-refractivity contribution in [3.05, 3.63) is 23.0 Å². The molecule has 9 heteroatoms. The van der Waals surface area contributed by atoms with Crippen LogP contribution in [0.2, 0.25) is 0 Å². The highest BCUT2D eigenvalue weighted by atomic mass is 16.5. The van der Waals surface area contributed by atoms with Crippen LogP contribution in [0.15, 0.2) is 23.0 Å². The maximum absolute atomic E-state index is 12.6. The molecule has 1 aliphatic heterocycles. The Balaban J connectivity index is 3.41. The maximum atomic E-state index is 12.6. The number of nitrogens with one attached hydrogen (secondary N) is 2. The van der Waals surface area contributed by atoms with E-state index in [-0.39, 0.29) is 25.4 Å². The fourth-order valence-corrected chi connectivity index (χ4v) is 3.14. The Labute approximate surface area is 165 Å². The standard InChI is InChI=1S/C19H30N2O7/c1-7-26-13(22)10-11(4)20-16-14(17(23)27-8-2)12(5)21-19(6,25)15(16)18(24)28-9-3/h10,15-16,20-21,25H,7-9H2,1-6H3. The third kappa shape index (κ3) is 5.72. The molecule has 0 amide bonds. The van der Waals surface area contributed by atoms with Crippen molar-refractivity contribution in [1.82, 2.24) is 10.6 Å². The van der Waals surface area contributed by atoms with Gasteiger partial charge in [-0.3, -0.25) is 4.79 Å². The number of allylic oxidation sites excluding steroid dienone is 2. The fraction of sp³-hybridized carbons (Fsp3) is 0.632. The van der Waals surface area contributed by atoms with Gasteiger partial charge in [-0.15, -0.1) is 0 Å². The van der Waals surface area contributed by atoms with Crippen molar-refractivity contribution in [3.63, 3.8) is 0 Å². The number of rotatable bonds is 8. The second-order valence-corrected chi connectivity index (χ2v) is 6.46. The van der Waals surface area contributed by atoms with Gasteiger partial charge in [-0.25, -0.2) is 9.59 Å². The summed E-state index contributed by atoms with van der Waals surface area (Å²) >= 11 is 0. The van der Waals surface area contributed by atoms with E-state index in [0.717, 1.165) is 0 Å². The number of carbonyl (C=O) groups excluding carboxylic acids is 3. The number of carbonyl (C=O) groups is 3. The van der Waals surface area contributed by atoms with Gasteiger partial charge < -0.3 is 30.0 Å². The third-order valence-electron chi connectivity index (χ3n) is 4.13. The van der Waals surface area contributed by atoms with E-state index in [4.69, 9.17) is 14.2 Å². The van der Waals surface area contributed by atoms with Crippen molar-refractivity contribution in [2.75, 3.05) is 19.8 Å². The Hall–Kier alpha value is -2.55. The van der Waals surface area contributed by atoms with E-state index in [2.05, 4.69) is 10.6 Å². The van der Waals surface area contributed by atoms with Crippen molar-refractivity contribution >= 4 is 17.9 Å². The first-order chi connectivity index (χ1) is 13.1. The Morgan fingerprint density at radius 1 is 1.14 bits per heavy atom. The van der Waals surface area contributed by atoms with Crippen LogP contribution >= 0.6 is 0 Å². The molecule has 3 atom stereocenters. The zero-order chi connectivity index (χ0) is 21.5. The average Bonchev–Trinajstić information content (AvgIpc) is 2.53. The topological polar surface area (TPSA) is 123 Å². The van der Waals surface area contributed by atoms with Gasteiger partial charge in [-0.2, -0.15) is 0 Å². The van der Waals surface area contributed by atoms with E-state index >= 15 is 0 Å². The summed E-state index contributed by atoms with van der Waals surface area (Å²) in [5, 5.41) is 16.6. The van der Waals surface area contributed by atoms with Gasteiger partial charge in [-0.05, 0) is 41.5 Å². The molecule has 0 aromatic carbocycles. The van der Waals surface area contributed by atoms with E-state index in [9.17, 15) is 19.5 Å². The first kappa shape index (κ1) is 23.5. The van der Waals surface area contributed by atoms with Gasteiger partial charge in [0.15, 0.2) is 0 Å². The first-order valence-electron chi connectivity index (χ1n) is 9.25. The van der Waals surface area contributed by atoms with E-state index in [1.165, 1.54) is 13.0 Å². The van der Waals surface area contributed by atoms with Gasteiger partial charge in [0.25, 0.3) is 0 Å². The second kappa shape index (κ2) is 10.1. The quantitative estimate of drug-likeness (QED) is 0.308. The second-order valence-electron chi connectivity index (χ2n) is 6.46. The van der Waals surface area contributed by atoms with Gasteiger partial charge in [-0.1, -0.05) is 0 Å². The smallest absolute Gasteiger partial charge is 0.337 e. The SMILES string of the molecule is CCOC(=O)C=C(C)NC1C(C(=O)OCC)=C(C)NC(C)(O)C1C(=O)OCC. The molecule has 1 heterocycles. The molecule has 0 bridgehead atoms. The summed E-state index contributed by atoms with van der Waals surface area (Å²) in [4.78, 5) is 36.9. The molecule has 0 radical (unpaired) electrons. The summed E-state index contributed by atoms with van der Waals surface area (Å²) < 4.78 is 15.1. The number of esters is 3. The Bertz CT molecular complexity index is 667. The average molecular weight is 398 g/mol. The van der Waals surface area contributed by atoms with Crippen molar-refractivity contribution in [2.45, 2.75) is 53.3 Å². The molecule has 0 spiro atoms. The molecule has 3 unspecified atom stereocenters. The molecule has 1 aliphatic rings. The van der Waals surface area contributed by atoms with Crippen LogP contribution in [0.5, 0.6) is 0 Å². The van der Waals surface area contributed by atoms with Crippen LogP contribution in [-0.2, 0) is 28.6 Å². The molecule has 9 nitrogen and oxygen atoms in total. The van der Waals surface area contributed by atoms with E-state index < -0.39 is 35.6 Å². The predicted molar refractivity (Wildman–Crippen MR) is 101 cm³/mol. The monoisotopic (exact) mass is 398 g/mol. The summed E-state index contributed by atoms with van der Waals surface area (Å²) in [6, 6.07) is -0.986. The summed E-state index contributed by atoms with van der Waals surface area (Å²) in [5.74, 6) is -3.09. The molecule has 28 heavy (non-hydrogen) atoms. The molecule has 0 aromatic heterocycles. The van der Waals surface area contributed by atoms with Crippen LogP contribution < -0.4 is 10.6 Å². The lowest BCUT2D eigenvalue weighted by Gasteiger charge is -2.43. The number of aliphatic hydroxyl groups is 1. The summed E-state index contributed by atoms with van der Waals surface area (Å²) in [6.45, 7) is 10.0. The highest BCUT2D eigenvalue weighted by Gasteiger charge is 2.51. The maximum Gasteiger partial charge on any atom is 0.337 e. The highest BCUT2D eigenvalue weighted by Crippen LogP contribution is 2.33. The zero-order valence-corrected chi connectivity index (χ0v) is 17.3. The van der Waals surface area contributed by atoms with Crippen molar-refractivity contribution in [2.24, 2.45) is 5.92 Å². The molecule has 0 saturated heterocycles. The Kier molecular flexibility index (Phi) is 8.49. The number of hydrogen-bond acceptors (Lipinski definition) is 9. The van der Waals surface area contributed by atoms with Gasteiger partial charge in [0.2, 0.25) is 0 Å². The highest BCUT2D eigenvalue weighted by molar-refractivity contribution is 5.93. The molecular weight excluding hydrogens is 368 g/mol. The van der Waals surface area contributed by atoms with E-state index in [1.54, 1.807) is 34.6 Å². The van der Waals surface area contributed by atoms with Crippen LogP contribution in [0.25, 0.3) is 0 Å². The molecule has 0 fully saturated rings. The number of hydrogen-bond donors (Lipinski definition) is 3. The Morgan fingerprint density at radius 3 is 2.25 bits per heavy atom. The zero-order valence-electron chi connectivity index (χ0n) is 17.3. The van der Waals surface area contributed by atoms with Crippen LogP contribution in [0.3, 0.4) is 0 Å². The minimum Gasteiger partial charge on any atom is -0.466 e. The molecule has 3 N–H and O–H groups in total. The third-order valence-corrected chi connectivity index (χ3v) is 4.13. The lowest BCUT2D eigenvalue weighted by atomic mass is 9.80. The van der Waals surface area contributed by atoms with Crippen LogP contribution in [0, 0.1) is 5.92 Å². The normalized spacial score (nSPS) is 24.9. The van der Waals surface area contributed by atoms with Crippen molar-refractivity contribution in [3.8, 4) is 0 Å². The van der Waals surface area contributed by atoms with Gasteiger partial charge in [0, 0.05) is 17.5 Å². The van der Waals surface area contributed by atoms with Gasteiger partial charge >= 0.3 is 17.9 Å². The fourth-order valence-electron chi connectivity index (χ4n) is 3.14. The predicted octanol–water partition coefficient (Wildman–Crippen LogP) is 0.740. The van der Waals surface area contributed by atoms with Crippen LogP contribution in [0.1, 0.15) is 41.5 Å². The molecule has 0 aromatic rings. The summed E-state index contributed by atoms with van der Waals surface area (Å²) in [6.07, 6.45) is 1.21. The molecule has 0 aliphatic carbocycles. The Morgan fingerprint density at radius 2 is 1.71 bits per heavy atom. The summed E-state index contributed by atoms with van der Waals surface area (Å²) in [5.41, 5.74) is -0.854. The molecular formula is C19H30N2O7. The van der Waals surface area contributed by atoms with E-state index in [1.807, 2.05) is 0 Å². The van der Waals surface area contributed by atoms with Crippen molar-refractivity contribution in [1.29, 1.82) is 0 Å². The lowest BCUT2D eigenvalue weighted by molar-refractivity contribution is -0.162. The molecule has 0 saturated carbocycles. The minimum atomic E-state index is -1.70. The first-order valence-corrected chi connectivity index (χ1v) is 9.25. The molecule has 1 rings (SSSR count). The van der Waals surface area contributed by atoms with Crippen LogP contribution in [0.4, 0.5) is 0 Å². The largest absolute Gasteiger partial charge is 0.466 e. The van der Waals surface area contributed by atoms with Crippen LogP contribution in [-0.4, -0.2) is 54.6 Å². The van der Waals surface area contributed by atoms with Gasteiger partial charge in [0.05, 0.1) is 31.4 Å². The number of ether oxygens (including phenoxy) is 3. The lowest BCUT2D eigenvalue weighted by Crippen LogP contribution is -2.63. The van der Waals surface area contributed by atoms with E-state index in [0.29, 0.717) is 11.4 Å². The van der Waals surface area contributed by atoms with Gasteiger partial charge in [0.1, 0.15) is 11.6 Å². The summed E-state index contributed by atoms with van der Waals surface area (Å²) in [7, 11) is 0.